The number of rotatable bonds is 4. The summed E-state index contributed by atoms with van der Waals surface area (Å²) in [4.78, 5) is 12.0. The average molecular weight is 331 g/mol. The number of carbonyl (C=O) groups is 1. The number of hydrogen-bond donors (Lipinski definition) is 1. The largest absolute Gasteiger partial charge is 0.465 e. The van der Waals surface area contributed by atoms with Crippen molar-refractivity contribution in [1.29, 1.82) is 0 Å². The minimum atomic E-state index is -0.348. The smallest absolute Gasteiger partial charge is 0.339 e. The monoisotopic (exact) mass is 331 g/mol. The molecule has 0 saturated heterocycles. The van der Waals surface area contributed by atoms with Crippen LogP contribution in [0.1, 0.15) is 21.5 Å². The molecule has 25 heavy (non-hydrogen) atoms. The molecule has 0 heterocycles. The van der Waals surface area contributed by atoms with Crippen molar-refractivity contribution in [3.8, 4) is 11.1 Å². The minimum Gasteiger partial charge on any atom is -0.465 e. The number of para-hydroxylation sites is 1. The summed E-state index contributed by atoms with van der Waals surface area (Å²) in [5, 5.41) is 3.40. The topological polar surface area (TPSA) is 38.3 Å². The van der Waals surface area contributed by atoms with E-state index in [1.165, 1.54) is 18.2 Å². The fourth-order valence-corrected chi connectivity index (χ4v) is 2.97. The van der Waals surface area contributed by atoms with Gasteiger partial charge in [0.2, 0.25) is 0 Å². The van der Waals surface area contributed by atoms with Gasteiger partial charge in [0, 0.05) is 5.69 Å². The van der Waals surface area contributed by atoms with E-state index in [1.807, 2.05) is 36.4 Å². The summed E-state index contributed by atoms with van der Waals surface area (Å²) in [6, 6.07) is 22.0. The van der Waals surface area contributed by atoms with Crippen LogP contribution in [0.15, 0.2) is 66.7 Å². The molecule has 0 spiro atoms. The predicted molar refractivity (Wildman–Crippen MR) is 102 cm³/mol. The number of aryl methyl sites for hydroxylation is 2. The van der Waals surface area contributed by atoms with Gasteiger partial charge in [-0.05, 0) is 60.4 Å². The van der Waals surface area contributed by atoms with Gasteiger partial charge in [0.15, 0.2) is 0 Å². The van der Waals surface area contributed by atoms with Crippen LogP contribution < -0.4 is 5.32 Å². The van der Waals surface area contributed by atoms with Gasteiger partial charge in [-0.15, -0.1) is 0 Å². The van der Waals surface area contributed by atoms with Crippen LogP contribution in [0.25, 0.3) is 11.1 Å². The number of benzene rings is 3. The molecule has 0 radical (unpaired) electrons. The molecule has 0 atom stereocenters. The van der Waals surface area contributed by atoms with E-state index in [2.05, 4.69) is 43.4 Å². The third-order valence-corrected chi connectivity index (χ3v) is 4.23. The molecule has 0 aromatic heterocycles. The normalized spacial score (nSPS) is 10.4. The Labute approximate surface area is 148 Å². The average Bonchev–Trinajstić information content (AvgIpc) is 2.65. The standard InChI is InChI=1S/C22H21NO2/c1-15-13-18(17-9-5-4-6-10-17)14-16(2)21(15)23-20-12-8-7-11-19(20)22(24)25-3/h4-14,23H,1-3H3. The molecule has 0 unspecified atom stereocenters. The van der Waals surface area contributed by atoms with Crippen molar-refractivity contribution in [2.75, 3.05) is 12.4 Å². The van der Waals surface area contributed by atoms with Gasteiger partial charge in [-0.25, -0.2) is 4.79 Å². The highest BCUT2D eigenvalue weighted by Gasteiger charge is 2.13. The van der Waals surface area contributed by atoms with Crippen LogP contribution >= 0.6 is 0 Å². The van der Waals surface area contributed by atoms with Crippen molar-refractivity contribution in [2.45, 2.75) is 13.8 Å². The third-order valence-electron chi connectivity index (χ3n) is 4.23. The highest BCUT2D eigenvalue weighted by atomic mass is 16.5. The zero-order chi connectivity index (χ0) is 17.8. The van der Waals surface area contributed by atoms with Crippen LogP contribution in [0.4, 0.5) is 11.4 Å². The molecule has 0 amide bonds. The summed E-state index contributed by atoms with van der Waals surface area (Å²) in [6.07, 6.45) is 0. The number of anilines is 2. The molecule has 3 aromatic rings. The number of esters is 1. The molecular weight excluding hydrogens is 310 g/mol. The van der Waals surface area contributed by atoms with Crippen molar-refractivity contribution in [3.05, 3.63) is 83.4 Å². The molecule has 1 N–H and O–H groups in total. The van der Waals surface area contributed by atoms with Gasteiger partial charge in [-0.1, -0.05) is 42.5 Å². The van der Waals surface area contributed by atoms with Crippen LogP contribution in [0.3, 0.4) is 0 Å². The predicted octanol–water partition coefficient (Wildman–Crippen LogP) is 5.50. The molecule has 0 aliphatic carbocycles. The van der Waals surface area contributed by atoms with E-state index in [-0.39, 0.29) is 5.97 Å². The van der Waals surface area contributed by atoms with E-state index in [4.69, 9.17) is 4.74 Å². The summed E-state index contributed by atoms with van der Waals surface area (Å²) < 4.78 is 4.87. The Morgan fingerprint density at radius 3 is 2.08 bits per heavy atom. The molecule has 0 bridgehead atoms. The molecule has 3 heteroatoms. The lowest BCUT2D eigenvalue weighted by Crippen LogP contribution is -2.06. The number of carbonyl (C=O) groups excluding carboxylic acids is 1. The molecular formula is C22H21NO2. The van der Waals surface area contributed by atoms with Crippen molar-refractivity contribution in [2.24, 2.45) is 0 Å². The molecule has 0 aliphatic rings. The van der Waals surface area contributed by atoms with E-state index in [0.29, 0.717) is 5.56 Å². The first-order chi connectivity index (χ1) is 12.1. The second-order valence-electron chi connectivity index (χ2n) is 6.01. The number of methoxy groups -OCH3 is 1. The summed E-state index contributed by atoms with van der Waals surface area (Å²) >= 11 is 0. The van der Waals surface area contributed by atoms with Gasteiger partial charge in [-0.3, -0.25) is 0 Å². The summed E-state index contributed by atoms with van der Waals surface area (Å²) in [6.45, 7) is 4.14. The fraction of sp³-hybridized carbons (Fsp3) is 0.136. The van der Waals surface area contributed by atoms with Gasteiger partial charge in [0.1, 0.15) is 0 Å². The Morgan fingerprint density at radius 2 is 1.44 bits per heavy atom. The van der Waals surface area contributed by atoms with Crippen molar-refractivity contribution >= 4 is 17.3 Å². The quantitative estimate of drug-likeness (QED) is 0.641. The molecule has 3 nitrogen and oxygen atoms in total. The van der Waals surface area contributed by atoms with Crippen molar-refractivity contribution in [1.82, 2.24) is 0 Å². The molecule has 3 aromatic carbocycles. The van der Waals surface area contributed by atoms with E-state index in [1.54, 1.807) is 6.07 Å². The molecule has 3 rings (SSSR count). The molecule has 0 fully saturated rings. The number of hydrogen-bond acceptors (Lipinski definition) is 3. The van der Waals surface area contributed by atoms with Crippen LogP contribution in [-0.4, -0.2) is 13.1 Å². The van der Waals surface area contributed by atoms with Crippen molar-refractivity contribution < 1.29 is 9.53 Å². The second kappa shape index (κ2) is 7.22. The lowest BCUT2D eigenvalue weighted by Gasteiger charge is -2.17. The SMILES string of the molecule is COC(=O)c1ccccc1Nc1c(C)cc(-c2ccccc2)cc1C. The van der Waals surface area contributed by atoms with Crippen LogP contribution in [0.2, 0.25) is 0 Å². The van der Waals surface area contributed by atoms with Gasteiger partial charge >= 0.3 is 5.97 Å². The van der Waals surface area contributed by atoms with E-state index in [0.717, 1.165) is 22.5 Å². The van der Waals surface area contributed by atoms with Crippen LogP contribution in [0, 0.1) is 13.8 Å². The van der Waals surface area contributed by atoms with E-state index < -0.39 is 0 Å². The zero-order valence-electron chi connectivity index (χ0n) is 14.7. The number of ether oxygens (including phenoxy) is 1. The lowest BCUT2D eigenvalue weighted by atomic mass is 9.98. The van der Waals surface area contributed by atoms with Gasteiger partial charge in [0.25, 0.3) is 0 Å². The summed E-state index contributed by atoms with van der Waals surface area (Å²) in [7, 11) is 1.39. The van der Waals surface area contributed by atoms with Gasteiger partial charge in [-0.2, -0.15) is 0 Å². The van der Waals surface area contributed by atoms with Gasteiger partial charge in [0.05, 0.1) is 18.4 Å². The first-order valence-corrected chi connectivity index (χ1v) is 8.21. The Balaban J connectivity index is 1.99. The molecule has 0 aliphatic heterocycles. The minimum absolute atomic E-state index is 0.348. The maximum atomic E-state index is 12.0. The Bertz CT molecular complexity index is 878. The van der Waals surface area contributed by atoms with Crippen LogP contribution in [-0.2, 0) is 4.74 Å². The molecule has 126 valence electrons. The fourth-order valence-electron chi connectivity index (χ4n) is 2.97. The van der Waals surface area contributed by atoms with E-state index >= 15 is 0 Å². The summed E-state index contributed by atoms with van der Waals surface area (Å²) in [5.74, 6) is -0.348. The maximum absolute atomic E-state index is 12.0. The lowest BCUT2D eigenvalue weighted by molar-refractivity contribution is 0.0602. The Morgan fingerprint density at radius 1 is 0.840 bits per heavy atom. The third kappa shape index (κ3) is 3.56. The first kappa shape index (κ1) is 16.8. The van der Waals surface area contributed by atoms with Gasteiger partial charge < -0.3 is 10.1 Å². The Hall–Kier alpha value is -3.07. The highest BCUT2D eigenvalue weighted by Crippen LogP contribution is 2.31. The Kier molecular flexibility index (Phi) is 4.85. The van der Waals surface area contributed by atoms with Crippen LogP contribution in [0.5, 0.6) is 0 Å². The summed E-state index contributed by atoms with van der Waals surface area (Å²) in [5.41, 5.74) is 6.90. The maximum Gasteiger partial charge on any atom is 0.339 e. The zero-order valence-corrected chi connectivity index (χ0v) is 14.7. The van der Waals surface area contributed by atoms with Crippen molar-refractivity contribution in [3.63, 3.8) is 0 Å². The molecule has 0 saturated carbocycles. The second-order valence-corrected chi connectivity index (χ2v) is 6.01. The highest BCUT2D eigenvalue weighted by molar-refractivity contribution is 5.96. The first-order valence-electron chi connectivity index (χ1n) is 8.21. The van der Waals surface area contributed by atoms with E-state index in [9.17, 15) is 4.79 Å². The number of nitrogens with one attached hydrogen (secondary N) is 1.